The molecule has 0 saturated heterocycles. The summed E-state index contributed by atoms with van der Waals surface area (Å²) in [5.41, 5.74) is 0. The van der Waals surface area contributed by atoms with E-state index >= 15 is 0 Å². The van der Waals surface area contributed by atoms with Gasteiger partial charge >= 0.3 is 5.97 Å². The van der Waals surface area contributed by atoms with Gasteiger partial charge in [-0.3, -0.25) is 4.79 Å². The summed E-state index contributed by atoms with van der Waals surface area (Å²) in [5.74, 6) is -0.783. The first-order valence-electron chi connectivity index (χ1n) is 7.86. The predicted molar refractivity (Wildman–Crippen MR) is 82.0 cm³/mol. The van der Waals surface area contributed by atoms with E-state index in [-0.39, 0.29) is 12.5 Å². The van der Waals surface area contributed by atoms with E-state index in [2.05, 4.69) is 0 Å². The van der Waals surface area contributed by atoms with E-state index in [0.29, 0.717) is 19.3 Å². The van der Waals surface area contributed by atoms with Crippen molar-refractivity contribution in [3.63, 3.8) is 0 Å². The van der Waals surface area contributed by atoms with Crippen LogP contribution in [-0.4, -0.2) is 44.7 Å². The van der Waals surface area contributed by atoms with Crippen molar-refractivity contribution < 1.29 is 25.2 Å². The third-order valence-corrected chi connectivity index (χ3v) is 3.32. The first kappa shape index (κ1) is 20.1. The number of carboxylic acid groups (broad SMARTS) is 1. The molecular weight excluding hydrogens is 272 g/mol. The summed E-state index contributed by atoms with van der Waals surface area (Å²) in [6.07, 6.45) is 7.88. The Hall–Kier alpha value is -0.910. The van der Waals surface area contributed by atoms with Gasteiger partial charge < -0.3 is 20.4 Å². The SMILES string of the molecule is CC(O)CCCCC(O)/C=C/C(O)CCCCCC(=O)O. The number of aliphatic hydroxyl groups excluding tert-OH is 3. The molecule has 0 aromatic rings. The minimum absolute atomic E-state index is 0.178. The number of aliphatic hydroxyl groups is 3. The fraction of sp³-hybridized carbons (Fsp3) is 0.812. The topological polar surface area (TPSA) is 98.0 Å². The molecule has 0 amide bonds. The fourth-order valence-corrected chi connectivity index (χ4v) is 2.05. The summed E-state index contributed by atoms with van der Waals surface area (Å²) >= 11 is 0. The van der Waals surface area contributed by atoms with Crippen molar-refractivity contribution in [2.75, 3.05) is 0 Å². The molecule has 0 rings (SSSR count). The highest BCUT2D eigenvalue weighted by atomic mass is 16.4. The van der Waals surface area contributed by atoms with Crippen molar-refractivity contribution in [1.82, 2.24) is 0 Å². The summed E-state index contributed by atoms with van der Waals surface area (Å²) in [5, 5.41) is 37.0. The molecule has 4 N–H and O–H groups in total. The molecule has 5 heteroatoms. The normalized spacial score (nSPS) is 16.0. The van der Waals surface area contributed by atoms with Crippen LogP contribution in [0, 0.1) is 0 Å². The molecule has 0 aliphatic carbocycles. The van der Waals surface area contributed by atoms with Crippen LogP contribution >= 0.6 is 0 Å². The maximum absolute atomic E-state index is 10.3. The van der Waals surface area contributed by atoms with Crippen LogP contribution in [0.1, 0.15) is 64.7 Å². The summed E-state index contributed by atoms with van der Waals surface area (Å²) in [7, 11) is 0. The zero-order valence-electron chi connectivity index (χ0n) is 12.9. The maximum atomic E-state index is 10.3. The molecule has 21 heavy (non-hydrogen) atoms. The minimum atomic E-state index is -0.783. The average Bonchev–Trinajstić information content (AvgIpc) is 2.40. The Morgan fingerprint density at radius 3 is 1.81 bits per heavy atom. The highest BCUT2D eigenvalue weighted by Crippen LogP contribution is 2.09. The van der Waals surface area contributed by atoms with Gasteiger partial charge in [-0.2, -0.15) is 0 Å². The van der Waals surface area contributed by atoms with E-state index in [1.165, 1.54) is 0 Å². The smallest absolute Gasteiger partial charge is 0.303 e. The highest BCUT2D eigenvalue weighted by Gasteiger charge is 2.04. The third-order valence-electron chi connectivity index (χ3n) is 3.32. The molecule has 0 spiro atoms. The molecule has 0 aliphatic rings. The standard InChI is InChI=1S/C16H30O5/c1-13(17)7-5-6-9-15(19)12-11-14(18)8-3-2-4-10-16(20)21/h11-15,17-19H,2-10H2,1H3,(H,20,21)/b12-11+. The number of hydrogen-bond acceptors (Lipinski definition) is 4. The van der Waals surface area contributed by atoms with E-state index in [9.17, 15) is 15.0 Å². The molecule has 5 nitrogen and oxygen atoms in total. The van der Waals surface area contributed by atoms with Crippen molar-refractivity contribution in [1.29, 1.82) is 0 Å². The Labute approximate surface area is 127 Å². The van der Waals surface area contributed by atoms with Crippen LogP contribution in [-0.2, 0) is 4.79 Å². The Bertz CT molecular complexity index is 288. The Morgan fingerprint density at radius 1 is 0.857 bits per heavy atom. The van der Waals surface area contributed by atoms with Crippen LogP contribution in [0.5, 0.6) is 0 Å². The first-order valence-corrected chi connectivity index (χ1v) is 7.86. The Balaban J connectivity index is 3.58. The number of unbranched alkanes of at least 4 members (excludes halogenated alkanes) is 3. The van der Waals surface area contributed by atoms with Gasteiger partial charge in [-0.1, -0.05) is 37.8 Å². The van der Waals surface area contributed by atoms with Crippen molar-refractivity contribution in [2.24, 2.45) is 0 Å². The molecule has 0 fully saturated rings. The number of hydrogen-bond donors (Lipinski definition) is 4. The Kier molecular flexibility index (Phi) is 12.2. The Morgan fingerprint density at radius 2 is 1.33 bits per heavy atom. The summed E-state index contributed by atoms with van der Waals surface area (Å²) < 4.78 is 0. The van der Waals surface area contributed by atoms with Gasteiger partial charge in [0.15, 0.2) is 0 Å². The summed E-state index contributed by atoms with van der Waals surface area (Å²) in [4.78, 5) is 10.3. The molecule has 0 bridgehead atoms. The van der Waals surface area contributed by atoms with Crippen molar-refractivity contribution in [3.8, 4) is 0 Å². The van der Waals surface area contributed by atoms with Gasteiger partial charge in [0, 0.05) is 6.42 Å². The van der Waals surface area contributed by atoms with E-state index in [1.54, 1.807) is 19.1 Å². The number of aliphatic carboxylic acids is 1. The van der Waals surface area contributed by atoms with Gasteiger partial charge in [0.25, 0.3) is 0 Å². The van der Waals surface area contributed by atoms with Gasteiger partial charge in [-0.05, 0) is 32.6 Å². The first-order chi connectivity index (χ1) is 9.91. The van der Waals surface area contributed by atoms with Gasteiger partial charge in [0.05, 0.1) is 18.3 Å². The van der Waals surface area contributed by atoms with Crippen LogP contribution in [0.2, 0.25) is 0 Å². The van der Waals surface area contributed by atoms with Gasteiger partial charge in [-0.25, -0.2) is 0 Å². The molecule has 0 aromatic heterocycles. The second-order valence-electron chi connectivity index (χ2n) is 5.65. The molecule has 3 unspecified atom stereocenters. The van der Waals surface area contributed by atoms with Crippen molar-refractivity contribution in [2.45, 2.75) is 83.0 Å². The molecule has 3 atom stereocenters. The molecule has 0 saturated carbocycles. The average molecular weight is 302 g/mol. The number of carbonyl (C=O) groups is 1. The van der Waals surface area contributed by atoms with E-state index in [0.717, 1.165) is 32.1 Å². The van der Waals surface area contributed by atoms with Crippen LogP contribution in [0.4, 0.5) is 0 Å². The quantitative estimate of drug-likeness (QED) is 0.309. The van der Waals surface area contributed by atoms with Crippen molar-refractivity contribution >= 4 is 5.97 Å². The van der Waals surface area contributed by atoms with Crippen LogP contribution in [0.15, 0.2) is 12.2 Å². The lowest BCUT2D eigenvalue weighted by Gasteiger charge is -2.08. The molecule has 0 aromatic carbocycles. The van der Waals surface area contributed by atoms with Crippen LogP contribution in [0.3, 0.4) is 0 Å². The second kappa shape index (κ2) is 12.8. The lowest BCUT2D eigenvalue weighted by Crippen LogP contribution is -2.07. The highest BCUT2D eigenvalue weighted by molar-refractivity contribution is 5.66. The lowest BCUT2D eigenvalue weighted by atomic mass is 10.1. The zero-order chi connectivity index (χ0) is 16.1. The van der Waals surface area contributed by atoms with Crippen LogP contribution < -0.4 is 0 Å². The van der Waals surface area contributed by atoms with E-state index in [1.807, 2.05) is 0 Å². The predicted octanol–water partition coefficient (Wildman–Crippen LogP) is 2.24. The van der Waals surface area contributed by atoms with Gasteiger partial charge in [0.1, 0.15) is 0 Å². The maximum Gasteiger partial charge on any atom is 0.303 e. The van der Waals surface area contributed by atoms with Crippen LogP contribution in [0.25, 0.3) is 0 Å². The fourth-order valence-electron chi connectivity index (χ4n) is 2.05. The summed E-state index contributed by atoms with van der Waals surface area (Å²) in [6.45, 7) is 1.75. The lowest BCUT2D eigenvalue weighted by molar-refractivity contribution is -0.137. The van der Waals surface area contributed by atoms with E-state index < -0.39 is 18.2 Å². The molecule has 124 valence electrons. The second-order valence-corrected chi connectivity index (χ2v) is 5.65. The summed E-state index contributed by atoms with van der Waals surface area (Å²) in [6, 6.07) is 0. The van der Waals surface area contributed by atoms with E-state index in [4.69, 9.17) is 10.2 Å². The van der Waals surface area contributed by atoms with Gasteiger partial charge in [-0.15, -0.1) is 0 Å². The number of carboxylic acids is 1. The van der Waals surface area contributed by atoms with Crippen molar-refractivity contribution in [3.05, 3.63) is 12.2 Å². The number of rotatable bonds is 13. The minimum Gasteiger partial charge on any atom is -0.481 e. The molecule has 0 radical (unpaired) electrons. The third kappa shape index (κ3) is 15.3. The molecule has 0 heterocycles. The largest absolute Gasteiger partial charge is 0.481 e. The zero-order valence-corrected chi connectivity index (χ0v) is 12.9. The monoisotopic (exact) mass is 302 g/mol. The molecular formula is C16H30O5. The molecule has 0 aliphatic heterocycles. The van der Waals surface area contributed by atoms with Gasteiger partial charge in [0.2, 0.25) is 0 Å².